The lowest BCUT2D eigenvalue weighted by atomic mass is 10.2. The molecule has 100 valence electrons. The van der Waals surface area contributed by atoms with E-state index in [-0.39, 0.29) is 16.0 Å². The lowest BCUT2D eigenvalue weighted by Crippen LogP contribution is -2.34. The van der Waals surface area contributed by atoms with Crippen molar-refractivity contribution in [2.24, 2.45) is 0 Å². The van der Waals surface area contributed by atoms with Crippen molar-refractivity contribution in [2.45, 2.75) is 23.8 Å². The Morgan fingerprint density at radius 3 is 3.00 bits per heavy atom. The maximum atomic E-state index is 12.3. The summed E-state index contributed by atoms with van der Waals surface area (Å²) in [5.74, 6) is 0. The van der Waals surface area contributed by atoms with Crippen molar-refractivity contribution in [3.8, 4) is 0 Å². The molecule has 1 aromatic heterocycles. The third-order valence-electron chi connectivity index (χ3n) is 2.91. The van der Waals surface area contributed by atoms with Gasteiger partial charge in [-0.1, -0.05) is 11.6 Å². The quantitative estimate of drug-likeness (QED) is 0.844. The van der Waals surface area contributed by atoms with Crippen LogP contribution in [-0.2, 0) is 14.8 Å². The van der Waals surface area contributed by atoms with Crippen LogP contribution in [0.1, 0.15) is 12.8 Å². The second kappa shape index (κ2) is 5.52. The number of hydrogen-bond donors (Lipinski definition) is 0. The van der Waals surface area contributed by atoms with Crippen molar-refractivity contribution in [2.75, 3.05) is 20.2 Å². The minimum Gasteiger partial charge on any atom is -0.377 e. The first kappa shape index (κ1) is 13.7. The van der Waals surface area contributed by atoms with E-state index in [9.17, 15) is 8.42 Å². The molecule has 5 nitrogen and oxygen atoms in total. The van der Waals surface area contributed by atoms with Crippen molar-refractivity contribution in [1.82, 2.24) is 9.29 Å². The van der Waals surface area contributed by atoms with Crippen LogP contribution in [0.3, 0.4) is 0 Å². The Bertz CT molecular complexity index is 515. The normalized spacial score (nSPS) is 20.5. The molecule has 18 heavy (non-hydrogen) atoms. The highest BCUT2D eigenvalue weighted by Gasteiger charge is 2.27. The largest absolute Gasteiger partial charge is 0.377 e. The average molecular weight is 291 g/mol. The molecule has 0 amide bonds. The Morgan fingerprint density at radius 1 is 1.61 bits per heavy atom. The standard InChI is InChI=1S/C11H15ClN2O3S/c1-14(8-9-3-2-6-17-9)18(15,16)11-7-13-5-4-10(11)12/h4-5,7,9H,2-3,6,8H2,1H3. The van der Waals surface area contributed by atoms with Gasteiger partial charge in [0.25, 0.3) is 0 Å². The molecule has 1 unspecified atom stereocenters. The number of rotatable bonds is 4. The average Bonchev–Trinajstić information content (AvgIpc) is 2.82. The van der Waals surface area contributed by atoms with Crippen LogP contribution < -0.4 is 0 Å². The summed E-state index contributed by atoms with van der Waals surface area (Å²) in [6, 6.07) is 1.47. The number of pyridine rings is 1. The van der Waals surface area contributed by atoms with E-state index in [2.05, 4.69) is 4.98 Å². The predicted octanol–water partition coefficient (Wildman–Crippen LogP) is 1.53. The smallest absolute Gasteiger partial charge is 0.245 e. The fourth-order valence-corrected chi connectivity index (χ4v) is 3.50. The second-order valence-electron chi connectivity index (χ2n) is 4.23. The van der Waals surface area contributed by atoms with Gasteiger partial charge in [-0.2, -0.15) is 4.31 Å². The zero-order valence-corrected chi connectivity index (χ0v) is 11.6. The molecular weight excluding hydrogens is 276 g/mol. The summed E-state index contributed by atoms with van der Waals surface area (Å²) in [6.07, 6.45) is 4.57. The number of aromatic nitrogens is 1. The van der Waals surface area contributed by atoms with E-state index < -0.39 is 10.0 Å². The molecule has 1 aliphatic heterocycles. The first-order chi connectivity index (χ1) is 8.51. The monoisotopic (exact) mass is 290 g/mol. The molecule has 1 fully saturated rings. The zero-order valence-electron chi connectivity index (χ0n) is 10.0. The van der Waals surface area contributed by atoms with Crippen LogP contribution in [0.2, 0.25) is 5.02 Å². The summed E-state index contributed by atoms with van der Waals surface area (Å²) in [6.45, 7) is 1.04. The predicted molar refractivity (Wildman–Crippen MR) is 68.0 cm³/mol. The van der Waals surface area contributed by atoms with Gasteiger partial charge in [0, 0.05) is 32.6 Å². The van der Waals surface area contributed by atoms with Gasteiger partial charge in [0.1, 0.15) is 4.90 Å². The fourth-order valence-electron chi connectivity index (χ4n) is 1.89. The van der Waals surface area contributed by atoms with Gasteiger partial charge in [0.2, 0.25) is 10.0 Å². The Kier molecular flexibility index (Phi) is 4.21. The van der Waals surface area contributed by atoms with Gasteiger partial charge < -0.3 is 4.74 Å². The number of nitrogens with zero attached hydrogens (tertiary/aromatic N) is 2. The second-order valence-corrected chi connectivity index (χ2v) is 6.65. The molecule has 1 atom stereocenters. The van der Waals surface area contributed by atoms with Gasteiger partial charge in [-0.15, -0.1) is 0 Å². The van der Waals surface area contributed by atoms with E-state index in [4.69, 9.17) is 16.3 Å². The molecule has 2 heterocycles. The third-order valence-corrected chi connectivity index (χ3v) is 5.20. The highest BCUT2D eigenvalue weighted by atomic mass is 35.5. The molecule has 7 heteroatoms. The highest BCUT2D eigenvalue weighted by molar-refractivity contribution is 7.89. The van der Waals surface area contributed by atoms with E-state index in [1.165, 1.54) is 29.8 Å². The molecule has 2 rings (SSSR count). The van der Waals surface area contributed by atoms with Gasteiger partial charge in [0.05, 0.1) is 11.1 Å². The van der Waals surface area contributed by atoms with E-state index in [1.54, 1.807) is 0 Å². The molecule has 0 bridgehead atoms. The van der Waals surface area contributed by atoms with Crippen LogP contribution in [0, 0.1) is 0 Å². The Hall–Kier alpha value is -0.690. The first-order valence-corrected chi connectivity index (χ1v) is 7.51. The van der Waals surface area contributed by atoms with Crippen molar-refractivity contribution in [1.29, 1.82) is 0 Å². The van der Waals surface area contributed by atoms with Gasteiger partial charge in [-0.05, 0) is 18.9 Å². The molecule has 1 saturated heterocycles. The van der Waals surface area contributed by atoms with Crippen molar-refractivity contribution in [3.63, 3.8) is 0 Å². The number of halogens is 1. The molecule has 0 radical (unpaired) electrons. The maximum Gasteiger partial charge on any atom is 0.245 e. The molecule has 0 aliphatic carbocycles. The molecule has 0 aromatic carbocycles. The van der Waals surface area contributed by atoms with Crippen LogP contribution >= 0.6 is 11.6 Å². The van der Waals surface area contributed by atoms with E-state index in [0.717, 1.165) is 12.8 Å². The van der Waals surface area contributed by atoms with Crippen LogP contribution in [-0.4, -0.2) is 44.0 Å². The topological polar surface area (TPSA) is 59.5 Å². The first-order valence-electron chi connectivity index (χ1n) is 5.69. The number of ether oxygens (including phenoxy) is 1. The van der Waals surface area contributed by atoms with Crippen LogP contribution in [0.4, 0.5) is 0 Å². The molecular formula is C11H15ClN2O3S. The molecule has 0 N–H and O–H groups in total. The van der Waals surface area contributed by atoms with Crippen LogP contribution in [0.25, 0.3) is 0 Å². The van der Waals surface area contributed by atoms with Gasteiger partial charge in [-0.25, -0.2) is 8.42 Å². The summed E-state index contributed by atoms with van der Waals surface area (Å²) >= 11 is 5.89. The van der Waals surface area contributed by atoms with Gasteiger partial charge in [-0.3, -0.25) is 4.98 Å². The minimum atomic E-state index is -3.60. The van der Waals surface area contributed by atoms with Crippen LogP contribution in [0.15, 0.2) is 23.4 Å². The minimum absolute atomic E-state index is 0.0276. The fraction of sp³-hybridized carbons (Fsp3) is 0.545. The summed E-state index contributed by atoms with van der Waals surface area (Å²) < 4.78 is 31.3. The SMILES string of the molecule is CN(CC1CCCO1)S(=O)(=O)c1cnccc1Cl. The summed E-state index contributed by atoms with van der Waals surface area (Å²) in [7, 11) is -2.07. The maximum absolute atomic E-state index is 12.3. The molecule has 1 aliphatic rings. The number of likely N-dealkylation sites (N-methyl/N-ethyl adjacent to an activating group) is 1. The summed E-state index contributed by atoms with van der Waals surface area (Å²) in [5.41, 5.74) is 0. The van der Waals surface area contributed by atoms with E-state index in [1.807, 2.05) is 0 Å². The van der Waals surface area contributed by atoms with Crippen molar-refractivity contribution < 1.29 is 13.2 Å². The van der Waals surface area contributed by atoms with Gasteiger partial charge >= 0.3 is 0 Å². The summed E-state index contributed by atoms with van der Waals surface area (Å²) in [4.78, 5) is 3.84. The number of hydrogen-bond acceptors (Lipinski definition) is 4. The van der Waals surface area contributed by atoms with Crippen molar-refractivity contribution in [3.05, 3.63) is 23.5 Å². The molecule has 1 aromatic rings. The van der Waals surface area contributed by atoms with Gasteiger partial charge in [0.15, 0.2) is 0 Å². The van der Waals surface area contributed by atoms with E-state index >= 15 is 0 Å². The van der Waals surface area contributed by atoms with Crippen LogP contribution in [0.5, 0.6) is 0 Å². The van der Waals surface area contributed by atoms with Crippen molar-refractivity contribution >= 4 is 21.6 Å². The highest BCUT2D eigenvalue weighted by Crippen LogP contribution is 2.23. The lowest BCUT2D eigenvalue weighted by molar-refractivity contribution is 0.0979. The molecule has 0 spiro atoms. The summed E-state index contributed by atoms with van der Waals surface area (Å²) in [5, 5.41) is 0.184. The lowest BCUT2D eigenvalue weighted by Gasteiger charge is -2.20. The zero-order chi connectivity index (χ0) is 13.2. The van der Waals surface area contributed by atoms with E-state index in [0.29, 0.717) is 13.2 Å². The number of sulfonamides is 1. The third kappa shape index (κ3) is 2.83. The Labute approximate surface area is 112 Å². The Morgan fingerprint density at radius 2 is 2.39 bits per heavy atom. The Balaban J connectivity index is 2.17. The molecule has 0 saturated carbocycles.